The lowest BCUT2D eigenvalue weighted by Gasteiger charge is -2.18. The second-order valence-electron chi connectivity index (χ2n) is 4.24. The Bertz CT molecular complexity index is 362. The van der Waals surface area contributed by atoms with Crippen molar-refractivity contribution in [2.24, 2.45) is 0 Å². The third-order valence-electron chi connectivity index (χ3n) is 3.11. The van der Waals surface area contributed by atoms with Crippen molar-refractivity contribution >= 4 is 11.8 Å². The Hall–Kier alpha value is -0.730. The number of aliphatic hydroxyl groups is 1. The standard InChI is InChI=1S/C14H18OS/c1-2-3-4-8-13(15)12-10-16-14-9-6-5-7-11(12)14/h2,5-7,9,12-13,15H,1,3-4,8,10H2. The molecule has 1 aromatic rings. The van der Waals surface area contributed by atoms with Crippen LogP contribution in [0.4, 0.5) is 0 Å². The lowest BCUT2D eigenvalue weighted by Crippen LogP contribution is -2.18. The predicted octanol–water partition coefficient (Wildman–Crippen LogP) is 3.59. The summed E-state index contributed by atoms with van der Waals surface area (Å²) in [5, 5.41) is 10.2. The molecule has 1 aromatic carbocycles. The molecule has 0 radical (unpaired) electrons. The minimum atomic E-state index is -0.198. The Labute approximate surface area is 102 Å². The van der Waals surface area contributed by atoms with Crippen LogP contribution in [0.3, 0.4) is 0 Å². The fraction of sp³-hybridized carbons (Fsp3) is 0.429. The van der Waals surface area contributed by atoms with Crippen LogP contribution in [0, 0.1) is 0 Å². The molecule has 0 bridgehead atoms. The molecule has 2 atom stereocenters. The number of unbranched alkanes of at least 4 members (excludes halogenated alkanes) is 1. The maximum Gasteiger partial charge on any atom is 0.0617 e. The zero-order chi connectivity index (χ0) is 11.4. The van der Waals surface area contributed by atoms with E-state index in [4.69, 9.17) is 0 Å². The quantitative estimate of drug-likeness (QED) is 0.620. The number of benzene rings is 1. The van der Waals surface area contributed by atoms with Gasteiger partial charge in [-0.3, -0.25) is 0 Å². The van der Waals surface area contributed by atoms with E-state index < -0.39 is 0 Å². The van der Waals surface area contributed by atoms with E-state index in [1.54, 1.807) is 0 Å². The monoisotopic (exact) mass is 234 g/mol. The molecule has 2 unspecified atom stereocenters. The van der Waals surface area contributed by atoms with Crippen molar-refractivity contribution in [2.75, 3.05) is 5.75 Å². The molecule has 0 amide bonds. The van der Waals surface area contributed by atoms with Gasteiger partial charge in [0.15, 0.2) is 0 Å². The summed E-state index contributed by atoms with van der Waals surface area (Å²) >= 11 is 1.86. The van der Waals surface area contributed by atoms with E-state index in [1.807, 2.05) is 17.8 Å². The number of aliphatic hydroxyl groups excluding tert-OH is 1. The van der Waals surface area contributed by atoms with Crippen LogP contribution in [-0.2, 0) is 0 Å². The fourth-order valence-electron chi connectivity index (χ4n) is 2.18. The summed E-state index contributed by atoms with van der Waals surface area (Å²) in [6.07, 6.45) is 4.64. The number of hydrogen-bond acceptors (Lipinski definition) is 2. The summed E-state index contributed by atoms with van der Waals surface area (Å²) < 4.78 is 0. The molecule has 0 saturated carbocycles. The second kappa shape index (κ2) is 5.55. The molecule has 1 aliphatic heterocycles. The minimum absolute atomic E-state index is 0.198. The van der Waals surface area contributed by atoms with Crippen molar-refractivity contribution in [1.82, 2.24) is 0 Å². The van der Waals surface area contributed by atoms with Gasteiger partial charge in [-0.15, -0.1) is 18.3 Å². The van der Waals surface area contributed by atoms with Gasteiger partial charge in [0.1, 0.15) is 0 Å². The van der Waals surface area contributed by atoms with E-state index in [-0.39, 0.29) is 6.10 Å². The average molecular weight is 234 g/mol. The number of allylic oxidation sites excluding steroid dienone is 1. The van der Waals surface area contributed by atoms with Crippen LogP contribution >= 0.6 is 11.8 Å². The van der Waals surface area contributed by atoms with Gasteiger partial charge in [-0.1, -0.05) is 24.3 Å². The first-order chi connectivity index (χ1) is 7.83. The highest BCUT2D eigenvalue weighted by atomic mass is 32.2. The van der Waals surface area contributed by atoms with Gasteiger partial charge < -0.3 is 5.11 Å². The number of rotatable bonds is 5. The molecule has 1 N–H and O–H groups in total. The van der Waals surface area contributed by atoms with Gasteiger partial charge in [-0.25, -0.2) is 0 Å². The first-order valence-electron chi connectivity index (χ1n) is 5.83. The molecular formula is C14H18OS. The molecule has 0 aromatic heterocycles. The summed E-state index contributed by atoms with van der Waals surface area (Å²) in [6.45, 7) is 3.71. The Balaban J connectivity index is 1.98. The molecular weight excluding hydrogens is 216 g/mol. The van der Waals surface area contributed by atoms with Gasteiger partial charge >= 0.3 is 0 Å². The molecule has 2 heteroatoms. The van der Waals surface area contributed by atoms with E-state index in [0.29, 0.717) is 5.92 Å². The van der Waals surface area contributed by atoms with E-state index in [1.165, 1.54) is 10.5 Å². The van der Waals surface area contributed by atoms with Gasteiger partial charge in [-0.05, 0) is 30.9 Å². The van der Waals surface area contributed by atoms with E-state index in [9.17, 15) is 5.11 Å². The van der Waals surface area contributed by atoms with Gasteiger partial charge in [0.25, 0.3) is 0 Å². The summed E-state index contributed by atoms with van der Waals surface area (Å²) in [5.74, 6) is 1.35. The van der Waals surface area contributed by atoms with Gasteiger partial charge in [0.05, 0.1) is 6.10 Å². The summed E-state index contributed by atoms with van der Waals surface area (Å²) in [6, 6.07) is 8.43. The molecule has 1 heterocycles. The normalized spacial score (nSPS) is 20.4. The summed E-state index contributed by atoms with van der Waals surface area (Å²) in [5.41, 5.74) is 1.33. The first-order valence-corrected chi connectivity index (χ1v) is 6.82. The molecule has 0 saturated heterocycles. The highest BCUT2D eigenvalue weighted by Crippen LogP contribution is 2.41. The highest BCUT2D eigenvalue weighted by molar-refractivity contribution is 7.99. The van der Waals surface area contributed by atoms with Gasteiger partial charge in [0, 0.05) is 16.6 Å². The lowest BCUT2D eigenvalue weighted by molar-refractivity contribution is 0.139. The third-order valence-corrected chi connectivity index (χ3v) is 4.32. The van der Waals surface area contributed by atoms with Crippen molar-refractivity contribution in [2.45, 2.75) is 36.2 Å². The second-order valence-corrected chi connectivity index (χ2v) is 5.30. The Morgan fingerprint density at radius 2 is 2.31 bits per heavy atom. The van der Waals surface area contributed by atoms with Crippen LogP contribution in [0.25, 0.3) is 0 Å². The van der Waals surface area contributed by atoms with E-state index >= 15 is 0 Å². The first kappa shape index (κ1) is 11.7. The Morgan fingerprint density at radius 1 is 1.50 bits per heavy atom. The summed E-state index contributed by atoms with van der Waals surface area (Å²) in [4.78, 5) is 1.34. The smallest absolute Gasteiger partial charge is 0.0617 e. The van der Waals surface area contributed by atoms with Crippen LogP contribution in [0.15, 0.2) is 41.8 Å². The maximum atomic E-state index is 10.2. The molecule has 1 nitrogen and oxygen atoms in total. The Morgan fingerprint density at radius 3 is 3.12 bits per heavy atom. The number of fused-ring (bicyclic) bond motifs is 1. The lowest BCUT2D eigenvalue weighted by atomic mass is 9.92. The third kappa shape index (κ3) is 2.50. The molecule has 1 aliphatic rings. The van der Waals surface area contributed by atoms with Crippen LogP contribution in [0.2, 0.25) is 0 Å². The predicted molar refractivity (Wildman–Crippen MR) is 70.0 cm³/mol. The maximum absolute atomic E-state index is 10.2. The van der Waals surface area contributed by atoms with Crippen molar-refractivity contribution in [3.63, 3.8) is 0 Å². The highest BCUT2D eigenvalue weighted by Gasteiger charge is 2.28. The molecule has 0 aliphatic carbocycles. The largest absolute Gasteiger partial charge is 0.392 e. The van der Waals surface area contributed by atoms with Gasteiger partial charge in [-0.2, -0.15) is 0 Å². The molecule has 16 heavy (non-hydrogen) atoms. The number of thioether (sulfide) groups is 1. The van der Waals surface area contributed by atoms with Crippen LogP contribution in [0.1, 0.15) is 30.7 Å². The fourth-order valence-corrected chi connectivity index (χ4v) is 3.50. The molecule has 0 spiro atoms. The number of hydrogen-bond donors (Lipinski definition) is 1. The van der Waals surface area contributed by atoms with Crippen molar-refractivity contribution in [1.29, 1.82) is 0 Å². The van der Waals surface area contributed by atoms with E-state index in [0.717, 1.165) is 25.0 Å². The summed E-state index contributed by atoms with van der Waals surface area (Å²) in [7, 11) is 0. The minimum Gasteiger partial charge on any atom is -0.392 e. The van der Waals surface area contributed by atoms with E-state index in [2.05, 4.69) is 30.8 Å². The molecule has 2 rings (SSSR count). The topological polar surface area (TPSA) is 20.2 Å². The molecule has 86 valence electrons. The SMILES string of the molecule is C=CCCCC(O)C1CSc2ccccc21. The van der Waals surface area contributed by atoms with Crippen LogP contribution in [0.5, 0.6) is 0 Å². The van der Waals surface area contributed by atoms with Crippen molar-refractivity contribution < 1.29 is 5.11 Å². The molecule has 0 fully saturated rings. The van der Waals surface area contributed by atoms with Crippen molar-refractivity contribution in [3.8, 4) is 0 Å². The van der Waals surface area contributed by atoms with Gasteiger partial charge in [0.2, 0.25) is 0 Å². The Kier molecular flexibility index (Phi) is 4.08. The van der Waals surface area contributed by atoms with Crippen molar-refractivity contribution in [3.05, 3.63) is 42.5 Å². The van der Waals surface area contributed by atoms with Crippen LogP contribution in [-0.4, -0.2) is 17.0 Å². The zero-order valence-corrected chi connectivity index (χ0v) is 10.2. The zero-order valence-electron chi connectivity index (χ0n) is 9.43. The average Bonchev–Trinajstić information content (AvgIpc) is 2.73. The van der Waals surface area contributed by atoms with Crippen LogP contribution < -0.4 is 0 Å².